The molecule has 6 heteroatoms. The molecule has 0 radical (unpaired) electrons. The zero-order valence-electron chi connectivity index (χ0n) is 14.2. The summed E-state index contributed by atoms with van der Waals surface area (Å²) in [5.41, 5.74) is 3.53. The minimum Gasteiger partial charge on any atom is -0.481 e. The van der Waals surface area contributed by atoms with Crippen molar-refractivity contribution < 1.29 is 9.47 Å². The van der Waals surface area contributed by atoms with Crippen molar-refractivity contribution >= 4 is 0 Å². The average molecular weight is 326 g/mol. The Bertz CT molecular complexity index is 746. The number of hydrogen-bond acceptors (Lipinski definition) is 6. The molecule has 0 saturated heterocycles. The van der Waals surface area contributed by atoms with Crippen LogP contribution >= 0.6 is 0 Å². The molecule has 24 heavy (non-hydrogen) atoms. The molecule has 0 bridgehead atoms. The molecule has 0 amide bonds. The largest absolute Gasteiger partial charge is 0.481 e. The Morgan fingerprint density at radius 3 is 2.79 bits per heavy atom. The smallest absolute Gasteiger partial charge is 0.220 e. The van der Waals surface area contributed by atoms with E-state index in [1.54, 1.807) is 14.2 Å². The number of hydrogen-bond donors (Lipinski definition) is 0. The second kappa shape index (κ2) is 6.36. The molecule has 2 aromatic rings. The summed E-state index contributed by atoms with van der Waals surface area (Å²) in [6, 6.07) is 3.90. The van der Waals surface area contributed by atoms with E-state index in [0.29, 0.717) is 17.7 Å². The third-order valence-electron chi connectivity index (χ3n) is 4.70. The number of rotatable bonds is 5. The minimum atomic E-state index is 0.571. The van der Waals surface area contributed by atoms with Crippen molar-refractivity contribution in [2.24, 2.45) is 0 Å². The molecule has 2 aromatic heterocycles. The molecule has 0 unspecified atom stereocenters. The summed E-state index contributed by atoms with van der Waals surface area (Å²) in [5.74, 6) is 2.82. The maximum Gasteiger partial charge on any atom is 0.220 e. The van der Waals surface area contributed by atoms with Gasteiger partial charge in [0.05, 0.1) is 19.9 Å². The quantitative estimate of drug-likeness (QED) is 0.840. The van der Waals surface area contributed by atoms with Crippen molar-refractivity contribution in [1.82, 2.24) is 19.9 Å². The van der Waals surface area contributed by atoms with Crippen LogP contribution in [0.5, 0.6) is 11.8 Å². The summed E-state index contributed by atoms with van der Waals surface area (Å²) in [7, 11) is 3.26. The van der Waals surface area contributed by atoms with Crippen LogP contribution in [0.1, 0.15) is 41.4 Å². The van der Waals surface area contributed by atoms with Crippen LogP contribution in [-0.2, 0) is 19.5 Å². The zero-order chi connectivity index (χ0) is 16.5. The fourth-order valence-electron chi connectivity index (χ4n) is 3.15. The van der Waals surface area contributed by atoms with Crippen molar-refractivity contribution in [3.05, 3.63) is 41.0 Å². The molecule has 1 aliphatic heterocycles. The minimum absolute atomic E-state index is 0.571. The van der Waals surface area contributed by atoms with Gasteiger partial charge in [-0.25, -0.2) is 9.97 Å². The Labute approximate surface area is 141 Å². The highest BCUT2D eigenvalue weighted by Gasteiger charge is 2.28. The van der Waals surface area contributed by atoms with Gasteiger partial charge in [0.15, 0.2) is 0 Å². The third kappa shape index (κ3) is 3.06. The topological polar surface area (TPSA) is 60.4 Å². The van der Waals surface area contributed by atoms with Crippen LogP contribution in [0.4, 0.5) is 0 Å². The second-order valence-electron chi connectivity index (χ2n) is 6.46. The molecule has 3 heterocycles. The van der Waals surface area contributed by atoms with Gasteiger partial charge < -0.3 is 9.47 Å². The molecule has 0 N–H and O–H groups in total. The Kier molecular flexibility index (Phi) is 4.06. The van der Waals surface area contributed by atoms with Crippen LogP contribution < -0.4 is 9.47 Å². The molecule has 0 atom stereocenters. The number of fused-ring (bicyclic) bond motifs is 1. The lowest BCUT2D eigenvalue weighted by molar-refractivity contribution is 0.235. The average Bonchev–Trinajstić information content (AvgIpc) is 3.46. The van der Waals surface area contributed by atoms with E-state index in [0.717, 1.165) is 37.4 Å². The Morgan fingerprint density at radius 1 is 1.17 bits per heavy atom. The van der Waals surface area contributed by atoms with Crippen molar-refractivity contribution in [3.63, 3.8) is 0 Å². The fourth-order valence-corrected chi connectivity index (χ4v) is 3.15. The van der Waals surface area contributed by atoms with Gasteiger partial charge >= 0.3 is 0 Å². The van der Waals surface area contributed by atoms with Gasteiger partial charge in [-0.05, 0) is 30.9 Å². The molecule has 126 valence electrons. The van der Waals surface area contributed by atoms with Gasteiger partial charge in [-0.3, -0.25) is 4.90 Å². The molecule has 0 aromatic carbocycles. The Hall–Kier alpha value is -2.21. The Morgan fingerprint density at radius 2 is 2.04 bits per heavy atom. The van der Waals surface area contributed by atoms with E-state index >= 15 is 0 Å². The first-order valence-electron chi connectivity index (χ1n) is 8.41. The molecular weight excluding hydrogens is 304 g/mol. The van der Waals surface area contributed by atoms with Crippen molar-refractivity contribution in [2.75, 3.05) is 20.8 Å². The number of ether oxygens (including phenoxy) is 2. The summed E-state index contributed by atoms with van der Waals surface area (Å²) in [6.07, 6.45) is 5.49. The standard InChI is InChI=1S/C18H22N4O2/c1-23-16-6-5-14(18(21-16)24-2)10-22-8-7-13-9-19-17(12-3-4-12)20-15(13)11-22/h5-6,9,12H,3-4,7-8,10-11H2,1-2H3. The van der Waals surface area contributed by atoms with Gasteiger partial charge in [-0.15, -0.1) is 0 Å². The second-order valence-corrected chi connectivity index (χ2v) is 6.46. The SMILES string of the molecule is COc1ccc(CN2CCc3cnc(C4CC4)nc3C2)c(OC)n1. The zero-order valence-corrected chi connectivity index (χ0v) is 14.2. The molecule has 2 aliphatic rings. The van der Waals surface area contributed by atoms with Crippen LogP contribution in [0.25, 0.3) is 0 Å². The van der Waals surface area contributed by atoms with Crippen molar-refractivity contribution in [3.8, 4) is 11.8 Å². The van der Waals surface area contributed by atoms with Gasteiger partial charge in [0.1, 0.15) is 5.82 Å². The highest BCUT2D eigenvalue weighted by atomic mass is 16.5. The van der Waals surface area contributed by atoms with Crippen LogP contribution in [0.2, 0.25) is 0 Å². The predicted molar refractivity (Wildman–Crippen MR) is 89.2 cm³/mol. The maximum atomic E-state index is 5.41. The molecule has 1 saturated carbocycles. The summed E-state index contributed by atoms with van der Waals surface area (Å²) in [5, 5.41) is 0. The Balaban J connectivity index is 1.51. The number of nitrogens with zero attached hydrogens (tertiary/aromatic N) is 4. The van der Waals surface area contributed by atoms with Crippen LogP contribution in [0.15, 0.2) is 18.3 Å². The summed E-state index contributed by atoms with van der Waals surface area (Å²) in [4.78, 5) is 16.1. The lowest BCUT2D eigenvalue weighted by Crippen LogP contribution is -2.31. The van der Waals surface area contributed by atoms with Gasteiger partial charge in [0.2, 0.25) is 11.8 Å². The van der Waals surface area contributed by atoms with Crippen molar-refractivity contribution in [1.29, 1.82) is 0 Å². The highest BCUT2D eigenvalue weighted by molar-refractivity contribution is 5.31. The summed E-state index contributed by atoms with van der Waals surface area (Å²) in [6.45, 7) is 2.64. The summed E-state index contributed by atoms with van der Waals surface area (Å²) < 4.78 is 10.6. The predicted octanol–water partition coefficient (Wildman–Crippen LogP) is 2.32. The van der Waals surface area contributed by atoms with Gasteiger partial charge in [0, 0.05) is 43.4 Å². The fraction of sp³-hybridized carbons (Fsp3) is 0.500. The first kappa shape index (κ1) is 15.3. The maximum absolute atomic E-state index is 5.41. The van der Waals surface area contributed by atoms with Gasteiger partial charge in [-0.1, -0.05) is 0 Å². The van der Waals surface area contributed by atoms with E-state index in [1.165, 1.54) is 24.1 Å². The van der Waals surface area contributed by atoms with E-state index in [2.05, 4.69) is 14.9 Å². The van der Waals surface area contributed by atoms with E-state index in [1.807, 2.05) is 18.3 Å². The third-order valence-corrected chi connectivity index (χ3v) is 4.70. The number of methoxy groups -OCH3 is 2. The lowest BCUT2D eigenvalue weighted by Gasteiger charge is -2.28. The molecule has 1 aliphatic carbocycles. The molecule has 0 spiro atoms. The number of aromatic nitrogens is 3. The molecular formula is C18H22N4O2. The first-order valence-corrected chi connectivity index (χ1v) is 8.41. The lowest BCUT2D eigenvalue weighted by atomic mass is 10.1. The van der Waals surface area contributed by atoms with E-state index in [9.17, 15) is 0 Å². The van der Waals surface area contributed by atoms with E-state index < -0.39 is 0 Å². The van der Waals surface area contributed by atoms with Crippen molar-refractivity contribution in [2.45, 2.75) is 38.3 Å². The summed E-state index contributed by atoms with van der Waals surface area (Å²) >= 11 is 0. The van der Waals surface area contributed by atoms with Crippen LogP contribution in [0.3, 0.4) is 0 Å². The van der Waals surface area contributed by atoms with Gasteiger partial charge in [-0.2, -0.15) is 4.98 Å². The van der Waals surface area contributed by atoms with E-state index in [4.69, 9.17) is 14.5 Å². The first-order chi connectivity index (χ1) is 11.8. The number of pyridine rings is 1. The van der Waals surface area contributed by atoms with Crippen LogP contribution in [0, 0.1) is 0 Å². The molecule has 6 nitrogen and oxygen atoms in total. The highest BCUT2D eigenvalue weighted by Crippen LogP contribution is 2.38. The molecule has 4 rings (SSSR count). The monoisotopic (exact) mass is 326 g/mol. The van der Waals surface area contributed by atoms with E-state index in [-0.39, 0.29) is 0 Å². The molecule has 1 fully saturated rings. The normalized spacial score (nSPS) is 17.4. The van der Waals surface area contributed by atoms with Gasteiger partial charge in [0.25, 0.3) is 0 Å². The van der Waals surface area contributed by atoms with Crippen LogP contribution in [-0.4, -0.2) is 40.6 Å².